The summed E-state index contributed by atoms with van der Waals surface area (Å²) in [6, 6.07) is 2.79. The van der Waals surface area contributed by atoms with Crippen molar-refractivity contribution < 1.29 is 38.3 Å². The maximum absolute atomic E-state index is 10.2. The van der Waals surface area contributed by atoms with Crippen LogP contribution in [-0.2, 0) is 11.1 Å². The van der Waals surface area contributed by atoms with E-state index >= 15 is 0 Å². The molecule has 0 N–H and O–H groups in total. The first-order valence-corrected chi connectivity index (χ1v) is 3.86. The zero-order valence-electron chi connectivity index (χ0n) is 5.78. The molecule has 6 heteroatoms. The van der Waals surface area contributed by atoms with Gasteiger partial charge in [0, 0.05) is 11.2 Å². The Bertz CT molecular complexity index is 270. The fourth-order valence-electron chi connectivity index (χ4n) is 0.476. The predicted octanol–water partition coefficient (Wildman–Crippen LogP) is -2.02. The quantitative estimate of drug-likeness (QED) is 0.388. The molecule has 0 aliphatic heterocycles. The van der Waals surface area contributed by atoms with Crippen molar-refractivity contribution in [3.63, 3.8) is 0 Å². The molecule has 0 radical (unpaired) electrons. The van der Waals surface area contributed by atoms with Crippen molar-refractivity contribution in [3.8, 4) is 0 Å². The molecule has 0 aliphatic carbocycles. The molecule has 0 fully saturated rings. The van der Waals surface area contributed by atoms with Gasteiger partial charge < -0.3 is 4.55 Å². The molecule has 1 aromatic heterocycles. The van der Waals surface area contributed by atoms with Crippen LogP contribution in [0.3, 0.4) is 0 Å². The SMILES string of the molecule is O=S([O-])c1cc(Cl)ccn1.[Na+]. The van der Waals surface area contributed by atoms with Crippen LogP contribution >= 0.6 is 11.6 Å². The average molecular weight is 200 g/mol. The largest absolute Gasteiger partial charge is 1.00 e. The van der Waals surface area contributed by atoms with Gasteiger partial charge in [-0.3, -0.25) is 4.21 Å². The standard InChI is InChI=1S/C5H4ClNO2S.Na/c6-4-1-2-7-5(3-4)10(8)9;/h1-3H,(H,8,9);/q;+1/p-1. The third kappa shape index (κ3) is 3.64. The fourth-order valence-corrected chi connectivity index (χ4v) is 1.07. The second kappa shape index (κ2) is 5.24. The van der Waals surface area contributed by atoms with E-state index < -0.39 is 11.1 Å². The van der Waals surface area contributed by atoms with Gasteiger partial charge in [-0.2, -0.15) is 0 Å². The van der Waals surface area contributed by atoms with E-state index in [4.69, 9.17) is 11.6 Å². The van der Waals surface area contributed by atoms with Crippen LogP contribution in [0, 0.1) is 0 Å². The average Bonchev–Trinajstić information content (AvgIpc) is 1.88. The zero-order valence-corrected chi connectivity index (χ0v) is 9.35. The molecule has 3 nitrogen and oxygen atoms in total. The molecule has 0 bridgehead atoms. The van der Waals surface area contributed by atoms with Gasteiger partial charge in [-0.05, 0) is 23.2 Å². The normalized spacial score (nSPS) is 11.8. The van der Waals surface area contributed by atoms with Gasteiger partial charge in [0.1, 0.15) is 5.03 Å². The monoisotopic (exact) mass is 199 g/mol. The fraction of sp³-hybridized carbons (Fsp3) is 0. The summed E-state index contributed by atoms with van der Waals surface area (Å²) in [6.45, 7) is 0. The van der Waals surface area contributed by atoms with Gasteiger partial charge in [-0.25, -0.2) is 4.98 Å². The summed E-state index contributed by atoms with van der Waals surface area (Å²) in [7, 11) is 0. The number of nitrogens with zero attached hydrogens (tertiary/aromatic N) is 1. The molecule has 1 rings (SSSR count). The Labute approximate surface area is 93.7 Å². The number of pyridine rings is 1. The third-order valence-electron chi connectivity index (χ3n) is 0.868. The minimum Gasteiger partial charge on any atom is -0.767 e. The van der Waals surface area contributed by atoms with E-state index in [0.29, 0.717) is 5.02 Å². The summed E-state index contributed by atoms with van der Waals surface area (Å²) >= 11 is 3.19. The van der Waals surface area contributed by atoms with Crippen molar-refractivity contribution in [3.05, 3.63) is 23.4 Å². The maximum atomic E-state index is 10.2. The third-order valence-corrected chi connectivity index (χ3v) is 1.67. The Morgan fingerprint density at radius 1 is 1.64 bits per heavy atom. The van der Waals surface area contributed by atoms with Gasteiger partial charge in [-0.15, -0.1) is 0 Å². The van der Waals surface area contributed by atoms with Crippen molar-refractivity contribution in [2.75, 3.05) is 0 Å². The van der Waals surface area contributed by atoms with Gasteiger partial charge in [-0.1, -0.05) is 11.6 Å². The first-order chi connectivity index (χ1) is 4.70. The summed E-state index contributed by atoms with van der Waals surface area (Å²) in [6.07, 6.45) is 1.34. The predicted molar refractivity (Wildman–Crippen MR) is 36.4 cm³/mol. The van der Waals surface area contributed by atoms with E-state index in [0.717, 1.165) is 0 Å². The van der Waals surface area contributed by atoms with Gasteiger partial charge >= 0.3 is 29.6 Å². The van der Waals surface area contributed by atoms with Crippen molar-refractivity contribution in [1.29, 1.82) is 0 Å². The summed E-state index contributed by atoms with van der Waals surface area (Å²) in [5, 5.41) is 0.335. The van der Waals surface area contributed by atoms with Crippen LogP contribution in [0.4, 0.5) is 0 Å². The topological polar surface area (TPSA) is 53.0 Å². The summed E-state index contributed by atoms with van der Waals surface area (Å²) < 4.78 is 20.5. The van der Waals surface area contributed by atoms with E-state index in [1.165, 1.54) is 18.3 Å². The Balaban J connectivity index is 0.000001000. The van der Waals surface area contributed by atoms with Crippen LogP contribution in [0.1, 0.15) is 0 Å². The molecule has 1 heterocycles. The van der Waals surface area contributed by atoms with Crippen LogP contribution < -0.4 is 29.6 Å². The van der Waals surface area contributed by atoms with Gasteiger partial charge in [0.05, 0.1) is 0 Å². The molecular weight excluding hydrogens is 197 g/mol. The van der Waals surface area contributed by atoms with E-state index in [9.17, 15) is 8.76 Å². The number of halogens is 1. The van der Waals surface area contributed by atoms with Crippen LogP contribution in [0.2, 0.25) is 5.02 Å². The second-order valence-electron chi connectivity index (χ2n) is 1.55. The van der Waals surface area contributed by atoms with E-state index in [2.05, 4.69) is 4.98 Å². The molecular formula is C5H3ClNNaO2S. The number of hydrogen-bond donors (Lipinski definition) is 0. The van der Waals surface area contributed by atoms with Crippen LogP contribution in [0.25, 0.3) is 0 Å². The molecule has 0 spiro atoms. The van der Waals surface area contributed by atoms with Crippen molar-refractivity contribution >= 4 is 22.7 Å². The number of hydrogen-bond acceptors (Lipinski definition) is 3. The zero-order chi connectivity index (χ0) is 7.56. The summed E-state index contributed by atoms with van der Waals surface area (Å²) in [5.74, 6) is 0. The molecule has 54 valence electrons. The van der Waals surface area contributed by atoms with E-state index in [1.54, 1.807) is 0 Å². The smallest absolute Gasteiger partial charge is 0.767 e. The molecule has 1 unspecified atom stereocenters. The van der Waals surface area contributed by atoms with Crippen LogP contribution in [0.15, 0.2) is 23.4 Å². The molecule has 0 saturated carbocycles. The van der Waals surface area contributed by atoms with Crippen LogP contribution in [0.5, 0.6) is 0 Å². The Hall–Kier alpha value is 0.550. The van der Waals surface area contributed by atoms with Gasteiger partial charge in [0.2, 0.25) is 0 Å². The Morgan fingerprint density at radius 3 is 2.64 bits per heavy atom. The molecule has 11 heavy (non-hydrogen) atoms. The van der Waals surface area contributed by atoms with Crippen LogP contribution in [-0.4, -0.2) is 13.7 Å². The van der Waals surface area contributed by atoms with E-state index in [1.807, 2.05) is 0 Å². The van der Waals surface area contributed by atoms with E-state index in [-0.39, 0.29) is 34.6 Å². The van der Waals surface area contributed by atoms with Crippen molar-refractivity contribution in [1.82, 2.24) is 4.98 Å². The molecule has 1 atom stereocenters. The molecule has 1 aromatic rings. The first-order valence-electron chi connectivity index (χ1n) is 2.41. The minimum atomic E-state index is -2.28. The molecule has 0 aliphatic rings. The maximum Gasteiger partial charge on any atom is 1.00 e. The minimum absolute atomic E-state index is 0. The van der Waals surface area contributed by atoms with Crippen molar-refractivity contribution in [2.24, 2.45) is 0 Å². The van der Waals surface area contributed by atoms with Gasteiger partial charge in [0.15, 0.2) is 0 Å². The summed E-state index contributed by atoms with van der Waals surface area (Å²) in [5.41, 5.74) is 0. The van der Waals surface area contributed by atoms with Crippen molar-refractivity contribution in [2.45, 2.75) is 5.03 Å². The first kappa shape index (κ1) is 11.6. The number of rotatable bonds is 1. The summed E-state index contributed by atoms with van der Waals surface area (Å²) in [4.78, 5) is 3.54. The Morgan fingerprint density at radius 2 is 2.27 bits per heavy atom. The second-order valence-corrected chi connectivity index (χ2v) is 2.87. The van der Waals surface area contributed by atoms with Gasteiger partial charge in [0.25, 0.3) is 0 Å². The molecule has 0 aromatic carbocycles. The number of aromatic nitrogens is 1. The Kier molecular flexibility index (Phi) is 5.50. The molecule has 0 amide bonds. The molecule has 0 saturated heterocycles.